The zero-order chi connectivity index (χ0) is 23.5. The predicted molar refractivity (Wildman–Crippen MR) is 128 cm³/mol. The summed E-state index contributed by atoms with van der Waals surface area (Å²) in [6.45, 7) is 5.71. The van der Waals surface area contributed by atoms with E-state index in [1.807, 2.05) is 0 Å². The van der Waals surface area contributed by atoms with E-state index in [4.69, 9.17) is 4.74 Å². The number of piperidine rings is 2. The van der Waals surface area contributed by atoms with Crippen LogP contribution < -0.4 is 4.74 Å². The minimum atomic E-state index is -0.350. The standard InChI is InChI=1S/C27H35FN4O2/c1-27(11-17-31(18-12-27)22-6-2-3-7-22)26(33)32-15-9-20(10-16-32)24-25(30-14-13-29-24)34-23-8-4-5-21(28)19-23/h4-5,8,13-14,19-20,22H,2-3,6-7,9-12,15-18H2,1H3. The summed E-state index contributed by atoms with van der Waals surface area (Å²) in [5.41, 5.74) is 0.537. The van der Waals surface area contributed by atoms with Crippen LogP contribution in [0.2, 0.25) is 0 Å². The van der Waals surface area contributed by atoms with Crippen LogP contribution in [0.15, 0.2) is 36.7 Å². The number of halogens is 1. The van der Waals surface area contributed by atoms with Crippen LogP contribution >= 0.6 is 0 Å². The first-order valence-electron chi connectivity index (χ1n) is 12.8. The molecule has 182 valence electrons. The number of carbonyl (C=O) groups is 1. The maximum Gasteiger partial charge on any atom is 0.241 e. The summed E-state index contributed by atoms with van der Waals surface area (Å²) in [4.78, 5) is 27.1. The molecule has 1 amide bonds. The Morgan fingerprint density at radius 3 is 2.44 bits per heavy atom. The molecule has 0 bridgehead atoms. The first kappa shape index (κ1) is 23.2. The molecule has 6 nitrogen and oxygen atoms in total. The van der Waals surface area contributed by atoms with E-state index in [0.29, 0.717) is 17.5 Å². The molecular weight excluding hydrogens is 431 g/mol. The normalized spacial score (nSPS) is 22.1. The Bertz CT molecular complexity index is 994. The summed E-state index contributed by atoms with van der Waals surface area (Å²) in [6.07, 6.45) is 12.2. The van der Waals surface area contributed by atoms with Gasteiger partial charge in [0.15, 0.2) is 0 Å². The van der Waals surface area contributed by atoms with Gasteiger partial charge >= 0.3 is 0 Å². The van der Waals surface area contributed by atoms with Gasteiger partial charge in [0.25, 0.3) is 0 Å². The number of hydrogen-bond donors (Lipinski definition) is 0. The van der Waals surface area contributed by atoms with Gasteiger partial charge in [0.2, 0.25) is 11.8 Å². The SMILES string of the molecule is CC1(C(=O)N2CCC(c3nccnc3Oc3cccc(F)c3)CC2)CCN(C2CCCC2)CC1. The van der Waals surface area contributed by atoms with E-state index in [-0.39, 0.29) is 17.2 Å². The summed E-state index contributed by atoms with van der Waals surface area (Å²) < 4.78 is 19.5. The molecule has 1 saturated carbocycles. The molecule has 2 saturated heterocycles. The van der Waals surface area contributed by atoms with Crippen molar-refractivity contribution >= 4 is 5.91 Å². The highest BCUT2D eigenvalue weighted by atomic mass is 19.1. The Morgan fingerprint density at radius 1 is 1.03 bits per heavy atom. The average Bonchev–Trinajstić information content (AvgIpc) is 3.40. The van der Waals surface area contributed by atoms with Gasteiger partial charge in [-0.3, -0.25) is 9.78 Å². The molecule has 3 heterocycles. The molecule has 0 atom stereocenters. The van der Waals surface area contributed by atoms with Gasteiger partial charge in [-0.1, -0.05) is 25.8 Å². The zero-order valence-corrected chi connectivity index (χ0v) is 20.1. The third-order valence-corrected chi connectivity index (χ3v) is 8.13. The molecule has 3 fully saturated rings. The number of carbonyl (C=O) groups excluding carboxylic acids is 1. The molecule has 0 unspecified atom stereocenters. The quantitative estimate of drug-likeness (QED) is 0.609. The number of rotatable bonds is 5. The molecule has 1 aromatic heterocycles. The number of aromatic nitrogens is 2. The predicted octanol–water partition coefficient (Wildman–Crippen LogP) is 5.16. The number of nitrogens with zero attached hydrogens (tertiary/aromatic N) is 4. The monoisotopic (exact) mass is 466 g/mol. The number of ether oxygens (including phenoxy) is 1. The highest BCUT2D eigenvalue weighted by Crippen LogP contribution is 2.39. The third kappa shape index (κ3) is 4.95. The van der Waals surface area contributed by atoms with Crippen LogP contribution in [0.1, 0.15) is 69.9 Å². The molecule has 2 aromatic rings. The van der Waals surface area contributed by atoms with Crippen molar-refractivity contribution in [2.24, 2.45) is 5.41 Å². The fourth-order valence-electron chi connectivity index (χ4n) is 5.94. The van der Waals surface area contributed by atoms with Crippen LogP contribution in [-0.2, 0) is 4.79 Å². The highest BCUT2D eigenvalue weighted by Gasteiger charge is 2.42. The van der Waals surface area contributed by atoms with E-state index in [0.717, 1.165) is 63.6 Å². The van der Waals surface area contributed by atoms with Crippen LogP contribution in [0.25, 0.3) is 0 Å². The van der Waals surface area contributed by atoms with Crippen molar-refractivity contribution in [2.45, 2.75) is 70.3 Å². The molecule has 0 radical (unpaired) electrons. The lowest BCUT2D eigenvalue weighted by Crippen LogP contribution is -2.52. The van der Waals surface area contributed by atoms with Crippen molar-refractivity contribution in [3.63, 3.8) is 0 Å². The fraction of sp³-hybridized carbons (Fsp3) is 0.593. The van der Waals surface area contributed by atoms with Crippen molar-refractivity contribution in [2.75, 3.05) is 26.2 Å². The van der Waals surface area contributed by atoms with Crippen LogP contribution in [0.4, 0.5) is 4.39 Å². The highest BCUT2D eigenvalue weighted by molar-refractivity contribution is 5.82. The van der Waals surface area contributed by atoms with Crippen LogP contribution in [0.5, 0.6) is 11.6 Å². The largest absolute Gasteiger partial charge is 0.437 e. The maximum absolute atomic E-state index is 13.6. The van der Waals surface area contributed by atoms with E-state index in [9.17, 15) is 9.18 Å². The minimum absolute atomic E-state index is 0.165. The van der Waals surface area contributed by atoms with Crippen molar-refractivity contribution in [1.82, 2.24) is 19.8 Å². The van der Waals surface area contributed by atoms with Crippen molar-refractivity contribution in [1.29, 1.82) is 0 Å². The topological polar surface area (TPSA) is 58.6 Å². The molecule has 0 N–H and O–H groups in total. The number of hydrogen-bond acceptors (Lipinski definition) is 5. The Kier molecular flexibility index (Phi) is 6.82. The molecule has 0 spiro atoms. The third-order valence-electron chi connectivity index (χ3n) is 8.13. The first-order valence-corrected chi connectivity index (χ1v) is 12.8. The Balaban J connectivity index is 1.19. The Labute approximate surface area is 201 Å². The van der Waals surface area contributed by atoms with Crippen molar-refractivity contribution < 1.29 is 13.9 Å². The van der Waals surface area contributed by atoms with Gasteiger partial charge in [0, 0.05) is 48.9 Å². The Hall–Kier alpha value is -2.54. The van der Waals surface area contributed by atoms with Gasteiger partial charge in [0.05, 0.1) is 0 Å². The maximum atomic E-state index is 13.6. The summed E-state index contributed by atoms with van der Waals surface area (Å²) in [6, 6.07) is 6.80. The molecule has 34 heavy (non-hydrogen) atoms. The summed E-state index contributed by atoms with van der Waals surface area (Å²) in [5, 5.41) is 0. The lowest BCUT2D eigenvalue weighted by Gasteiger charge is -2.44. The fourth-order valence-corrected chi connectivity index (χ4v) is 5.94. The van der Waals surface area contributed by atoms with E-state index < -0.39 is 0 Å². The molecule has 1 aromatic carbocycles. The Morgan fingerprint density at radius 2 is 1.74 bits per heavy atom. The lowest BCUT2D eigenvalue weighted by molar-refractivity contribution is -0.145. The van der Waals surface area contributed by atoms with Gasteiger partial charge < -0.3 is 14.5 Å². The van der Waals surface area contributed by atoms with Gasteiger partial charge in [-0.05, 0) is 63.7 Å². The molecule has 3 aliphatic rings. The summed E-state index contributed by atoms with van der Waals surface area (Å²) in [5.74, 6) is 0.957. The van der Waals surface area contributed by atoms with Gasteiger partial charge in [-0.15, -0.1) is 0 Å². The minimum Gasteiger partial charge on any atom is -0.437 e. The van der Waals surface area contributed by atoms with E-state index >= 15 is 0 Å². The molecule has 1 aliphatic carbocycles. The van der Waals surface area contributed by atoms with E-state index in [2.05, 4.69) is 26.7 Å². The second kappa shape index (κ2) is 9.98. The van der Waals surface area contributed by atoms with Crippen molar-refractivity contribution in [3.8, 4) is 11.6 Å². The smallest absolute Gasteiger partial charge is 0.241 e. The second-order valence-corrected chi connectivity index (χ2v) is 10.4. The molecule has 7 heteroatoms. The zero-order valence-electron chi connectivity index (χ0n) is 20.1. The molecule has 2 aliphatic heterocycles. The van der Waals surface area contributed by atoms with Crippen LogP contribution in [-0.4, -0.2) is 57.9 Å². The lowest BCUT2D eigenvalue weighted by atomic mass is 9.78. The van der Waals surface area contributed by atoms with Gasteiger partial charge in [-0.25, -0.2) is 9.37 Å². The summed E-state index contributed by atoms with van der Waals surface area (Å²) in [7, 11) is 0. The number of amides is 1. The molecular formula is C27H35FN4O2. The van der Waals surface area contributed by atoms with Gasteiger partial charge in [0.1, 0.15) is 17.3 Å². The average molecular weight is 467 g/mol. The summed E-state index contributed by atoms with van der Waals surface area (Å²) >= 11 is 0. The van der Waals surface area contributed by atoms with Crippen LogP contribution in [0.3, 0.4) is 0 Å². The van der Waals surface area contributed by atoms with Gasteiger partial charge in [-0.2, -0.15) is 0 Å². The second-order valence-electron chi connectivity index (χ2n) is 10.4. The molecule has 5 rings (SSSR count). The van der Waals surface area contributed by atoms with E-state index in [1.54, 1.807) is 24.5 Å². The first-order chi connectivity index (χ1) is 16.5. The number of benzene rings is 1. The van der Waals surface area contributed by atoms with E-state index in [1.165, 1.54) is 37.8 Å². The van der Waals surface area contributed by atoms with Crippen molar-refractivity contribution in [3.05, 3.63) is 48.2 Å². The number of likely N-dealkylation sites (tertiary alicyclic amines) is 2. The van der Waals surface area contributed by atoms with Crippen LogP contribution in [0, 0.1) is 11.2 Å².